The predicted octanol–water partition coefficient (Wildman–Crippen LogP) is 3.61. The van der Waals surface area contributed by atoms with Gasteiger partial charge < -0.3 is 10.0 Å². The molecule has 8 heteroatoms. The average molecular weight is 437 g/mol. The Labute approximate surface area is 182 Å². The molecule has 0 radical (unpaired) electrons. The lowest BCUT2D eigenvalue weighted by Crippen LogP contribution is -2.52. The zero-order chi connectivity index (χ0) is 22.6. The summed E-state index contributed by atoms with van der Waals surface area (Å²) in [6.07, 6.45) is 2.41. The fourth-order valence-electron chi connectivity index (χ4n) is 5.19. The van der Waals surface area contributed by atoms with Gasteiger partial charge in [0, 0.05) is 12.0 Å². The number of aromatic hydroxyl groups is 1. The predicted molar refractivity (Wildman–Crippen MR) is 112 cm³/mol. The fraction of sp³-hybridized carbons (Fsp3) is 0.292. The van der Waals surface area contributed by atoms with Gasteiger partial charge in [0.05, 0.1) is 18.3 Å². The lowest BCUT2D eigenvalue weighted by Gasteiger charge is -2.43. The molecule has 1 aromatic heterocycles. The number of carbonyl (C=O) groups excluding carboxylic acids is 1. The van der Waals surface area contributed by atoms with Gasteiger partial charge in [-0.3, -0.25) is 14.3 Å². The highest BCUT2D eigenvalue weighted by Crippen LogP contribution is 2.47. The van der Waals surface area contributed by atoms with E-state index in [1.54, 1.807) is 29.2 Å². The molecule has 0 aliphatic carbocycles. The second-order valence-electron chi connectivity index (χ2n) is 8.43. The third kappa shape index (κ3) is 3.09. The van der Waals surface area contributed by atoms with E-state index in [2.05, 4.69) is 5.10 Å². The largest absolute Gasteiger partial charge is 0.502 e. The molecule has 1 amide bonds. The minimum Gasteiger partial charge on any atom is -0.502 e. The SMILES string of the molecule is C[C@H]1CC[C@@H]2[C@H](C(c3ccc(F)cc3)c3cccc(F)c3)n3ncc(=O)c(O)c3C(=O)N21. The summed E-state index contributed by atoms with van der Waals surface area (Å²) in [5.74, 6) is -2.43. The van der Waals surface area contributed by atoms with Gasteiger partial charge >= 0.3 is 0 Å². The fourth-order valence-corrected chi connectivity index (χ4v) is 5.19. The number of halogens is 2. The molecule has 1 unspecified atom stereocenters. The lowest BCUT2D eigenvalue weighted by atomic mass is 9.80. The number of rotatable bonds is 3. The van der Waals surface area contributed by atoms with Crippen molar-refractivity contribution in [2.75, 3.05) is 0 Å². The Morgan fingerprint density at radius 3 is 2.50 bits per heavy atom. The first-order valence-corrected chi connectivity index (χ1v) is 10.5. The van der Waals surface area contributed by atoms with Crippen LogP contribution in [0.2, 0.25) is 0 Å². The van der Waals surface area contributed by atoms with Gasteiger partial charge in [0.15, 0.2) is 11.4 Å². The number of aromatic nitrogens is 2. The standard InChI is InChI=1S/C24H21F2N3O3/c1-13-5-10-18-21(29-22(24(32)28(13)18)23(31)19(30)12-27-29)20(14-6-8-16(25)9-7-14)15-3-2-4-17(26)11-15/h2-4,6-9,11-13,18,20-21,31H,5,10H2,1H3/t13-,18+,20?,21+/m0/s1. The Hall–Kier alpha value is -3.55. The van der Waals surface area contributed by atoms with Crippen LogP contribution in [0.1, 0.15) is 53.3 Å². The van der Waals surface area contributed by atoms with E-state index in [1.807, 2.05) is 6.92 Å². The van der Waals surface area contributed by atoms with E-state index < -0.39 is 40.7 Å². The van der Waals surface area contributed by atoms with Crippen molar-refractivity contribution < 1.29 is 18.7 Å². The number of carbonyl (C=O) groups is 1. The van der Waals surface area contributed by atoms with Gasteiger partial charge in [-0.2, -0.15) is 5.10 Å². The molecule has 1 N–H and O–H groups in total. The highest BCUT2D eigenvalue weighted by Gasteiger charge is 2.50. The van der Waals surface area contributed by atoms with Gasteiger partial charge in [-0.05, 0) is 55.2 Å². The van der Waals surface area contributed by atoms with Gasteiger partial charge in [-0.1, -0.05) is 24.3 Å². The molecule has 1 saturated heterocycles. The summed E-state index contributed by atoms with van der Waals surface area (Å²) in [7, 11) is 0. The lowest BCUT2D eigenvalue weighted by molar-refractivity contribution is 0.0491. The van der Waals surface area contributed by atoms with Crippen LogP contribution in [0.4, 0.5) is 8.78 Å². The molecule has 0 spiro atoms. The molecule has 1 fully saturated rings. The van der Waals surface area contributed by atoms with Crippen molar-refractivity contribution in [2.45, 2.75) is 43.8 Å². The van der Waals surface area contributed by atoms with E-state index in [0.717, 1.165) is 12.6 Å². The Morgan fingerprint density at radius 1 is 1.03 bits per heavy atom. The molecule has 2 aromatic carbocycles. The first kappa shape index (κ1) is 20.4. The monoisotopic (exact) mass is 437 g/mol. The van der Waals surface area contributed by atoms with Gasteiger partial charge in [0.2, 0.25) is 5.43 Å². The Morgan fingerprint density at radius 2 is 1.78 bits per heavy atom. The second kappa shape index (κ2) is 7.55. The third-order valence-electron chi connectivity index (χ3n) is 6.59. The Kier molecular flexibility index (Phi) is 4.80. The average Bonchev–Trinajstić information content (AvgIpc) is 3.16. The molecule has 0 bridgehead atoms. The summed E-state index contributed by atoms with van der Waals surface area (Å²) >= 11 is 0. The summed E-state index contributed by atoms with van der Waals surface area (Å²) in [6.45, 7) is 1.92. The van der Waals surface area contributed by atoms with Crippen LogP contribution >= 0.6 is 0 Å². The zero-order valence-electron chi connectivity index (χ0n) is 17.3. The minimum atomic E-state index is -0.738. The molecule has 32 heavy (non-hydrogen) atoms. The Balaban J connectivity index is 1.79. The van der Waals surface area contributed by atoms with Crippen molar-refractivity contribution in [3.8, 4) is 5.75 Å². The Bertz CT molecular complexity index is 1260. The number of hydrogen-bond donors (Lipinski definition) is 1. The van der Waals surface area contributed by atoms with Crippen LogP contribution in [0.5, 0.6) is 5.75 Å². The number of amides is 1. The van der Waals surface area contributed by atoms with Crippen LogP contribution in [0.25, 0.3) is 0 Å². The van der Waals surface area contributed by atoms with E-state index in [0.29, 0.717) is 17.5 Å². The molecule has 164 valence electrons. The van der Waals surface area contributed by atoms with Crippen molar-refractivity contribution in [1.82, 2.24) is 14.7 Å². The summed E-state index contributed by atoms with van der Waals surface area (Å²) in [4.78, 5) is 27.1. The van der Waals surface area contributed by atoms with Crippen LogP contribution in [0.15, 0.2) is 59.5 Å². The van der Waals surface area contributed by atoms with Crippen molar-refractivity contribution in [3.63, 3.8) is 0 Å². The van der Waals surface area contributed by atoms with Gasteiger partial charge in [-0.25, -0.2) is 8.78 Å². The van der Waals surface area contributed by atoms with Crippen LogP contribution in [0, 0.1) is 11.6 Å². The van der Waals surface area contributed by atoms with Crippen molar-refractivity contribution in [2.24, 2.45) is 0 Å². The smallest absolute Gasteiger partial charge is 0.276 e. The van der Waals surface area contributed by atoms with E-state index in [-0.39, 0.29) is 17.8 Å². The summed E-state index contributed by atoms with van der Waals surface area (Å²) < 4.78 is 29.4. The molecule has 0 saturated carbocycles. The third-order valence-corrected chi connectivity index (χ3v) is 6.59. The number of fused-ring (bicyclic) bond motifs is 2. The molecule has 2 aliphatic rings. The maximum Gasteiger partial charge on any atom is 0.276 e. The normalized spacial score (nSPS) is 23.0. The van der Waals surface area contributed by atoms with E-state index in [9.17, 15) is 23.5 Å². The van der Waals surface area contributed by atoms with Crippen LogP contribution in [-0.4, -0.2) is 37.8 Å². The van der Waals surface area contributed by atoms with Crippen molar-refractivity contribution >= 4 is 5.91 Å². The molecule has 3 aromatic rings. The van der Waals surface area contributed by atoms with Crippen LogP contribution < -0.4 is 5.43 Å². The van der Waals surface area contributed by atoms with Gasteiger partial charge in [0.1, 0.15) is 11.6 Å². The molecular weight excluding hydrogens is 416 g/mol. The zero-order valence-corrected chi connectivity index (χ0v) is 17.3. The topological polar surface area (TPSA) is 75.4 Å². The summed E-state index contributed by atoms with van der Waals surface area (Å²) in [5.41, 5.74) is 0.428. The molecule has 5 rings (SSSR count). The first-order valence-electron chi connectivity index (χ1n) is 10.5. The molecule has 2 aliphatic heterocycles. The van der Waals surface area contributed by atoms with Crippen molar-refractivity contribution in [1.29, 1.82) is 0 Å². The summed E-state index contributed by atoms with van der Waals surface area (Å²) in [5, 5.41) is 14.7. The first-order chi connectivity index (χ1) is 15.4. The van der Waals surface area contributed by atoms with Gasteiger partial charge in [-0.15, -0.1) is 0 Å². The number of hydrogen-bond acceptors (Lipinski definition) is 4. The number of benzene rings is 2. The molecule has 4 atom stereocenters. The maximum atomic E-state index is 14.3. The van der Waals surface area contributed by atoms with E-state index in [4.69, 9.17) is 0 Å². The highest BCUT2D eigenvalue weighted by atomic mass is 19.1. The van der Waals surface area contributed by atoms with Crippen LogP contribution in [0.3, 0.4) is 0 Å². The maximum absolute atomic E-state index is 14.3. The summed E-state index contributed by atoms with van der Waals surface area (Å²) in [6, 6.07) is 11.1. The van der Waals surface area contributed by atoms with E-state index in [1.165, 1.54) is 28.9 Å². The molecule has 3 heterocycles. The van der Waals surface area contributed by atoms with Gasteiger partial charge in [0.25, 0.3) is 5.91 Å². The highest BCUT2D eigenvalue weighted by molar-refractivity contribution is 5.96. The second-order valence-corrected chi connectivity index (χ2v) is 8.43. The minimum absolute atomic E-state index is 0.0974. The van der Waals surface area contributed by atoms with Crippen LogP contribution in [-0.2, 0) is 0 Å². The van der Waals surface area contributed by atoms with E-state index >= 15 is 0 Å². The quantitative estimate of drug-likeness (QED) is 0.679. The van der Waals surface area contributed by atoms with Crippen molar-refractivity contribution in [3.05, 3.63) is 93.4 Å². The number of nitrogens with zero attached hydrogens (tertiary/aromatic N) is 3. The molecule has 6 nitrogen and oxygen atoms in total. The molecular formula is C24H21F2N3O3.